The molecule has 0 radical (unpaired) electrons. The summed E-state index contributed by atoms with van der Waals surface area (Å²) in [5.41, 5.74) is 2.60. The molecule has 2 heteroatoms. The number of aromatic nitrogens is 1. The molecule has 2 aromatic rings. The maximum atomic E-state index is 2.32. The van der Waals surface area contributed by atoms with Crippen LogP contribution in [0.3, 0.4) is 0 Å². The average molecular weight is 240 g/mol. The molecule has 0 fully saturated rings. The Bertz CT molecular complexity index is 546. The number of hydrogen-bond donors (Lipinski definition) is 0. The predicted molar refractivity (Wildman–Crippen MR) is 73.4 cm³/mol. The molecular weight excluding hydrogens is 226 g/mol. The molecule has 0 N–H and O–H groups in total. The van der Waals surface area contributed by atoms with Crippen LogP contribution in [0.15, 0.2) is 54.7 Å². The van der Waals surface area contributed by atoms with Crippen LogP contribution in [0.25, 0.3) is 11.0 Å². The molecule has 84 valence electrons. The van der Waals surface area contributed by atoms with Gasteiger partial charge in [0.1, 0.15) is 0 Å². The summed E-state index contributed by atoms with van der Waals surface area (Å²) in [5, 5.41) is 0. The van der Waals surface area contributed by atoms with Crippen molar-refractivity contribution >= 4 is 22.7 Å². The first-order chi connectivity index (χ1) is 8.43. The molecule has 0 atom stereocenters. The van der Waals surface area contributed by atoms with E-state index in [9.17, 15) is 0 Å². The van der Waals surface area contributed by atoms with E-state index in [1.807, 2.05) is 11.8 Å². The van der Waals surface area contributed by atoms with Crippen molar-refractivity contribution in [1.82, 2.24) is 0 Å². The van der Waals surface area contributed by atoms with Crippen molar-refractivity contribution in [2.45, 2.75) is 6.54 Å². The summed E-state index contributed by atoms with van der Waals surface area (Å²) in [6.07, 6.45) is 4.43. The first-order valence-corrected chi connectivity index (χ1v) is 6.80. The summed E-state index contributed by atoms with van der Waals surface area (Å²) < 4.78 is 2.32. The largest absolute Gasteiger partial charge is 0.218 e. The summed E-state index contributed by atoms with van der Waals surface area (Å²) in [6.45, 7) is 1.10. The molecule has 0 bridgehead atoms. The standard InChI is InChI=1S/C15H14NS/c1-2-6-13(7-3-1)12-15-14-8-4-5-9-16(14)10-11-17-15/h1-9,12H,10-11H2/q+1/b15-12-. The lowest BCUT2D eigenvalue weighted by molar-refractivity contribution is -0.695. The summed E-state index contributed by atoms with van der Waals surface area (Å²) in [7, 11) is 0. The second kappa shape index (κ2) is 4.76. The van der Waals surface area contributed by atoms with Crippen molar-refractivity contribution in [3.8, 4) is 0 Å². The molecule has 1 aromatic heterocycles. The van der Waals surface area contributed by atoms with Crippen LogP contribution in [-0.2, 0) is 6.54 Å². The van der Waals surface area contributed by atoms with E-state index < -0.39 is 0 Å². The van der Waals surface area contributed by atoms with Gasteiger partial charge >= 0.3 is 0 Å². The van der Waals surface area contributed by atoms with Crippen molar-refractivity contribution in [3.63, 3.8) is 0 Å². The third-order valence-corrected chi connectivity index (χ3v) is 3.90. The molecule has 2 heterocycles. The number of fused-ring (bicyclic) bond motifs is 1. The number of thioether (sulfide) groups is 1. The zero-order valence-electron chi connectivity index (χ0n) is 9.54. The second-order valence-corrected chi connectivity index (χ2v) is 5.18. The summed E-state index contributed by atoms with van der Waals surface area (Å²) in [4.78, 5) is 1.36. The van der Waals surface area contributed by atoms with Gasteiger partial charge in [0.25, 0.3) is 0 Å². The second-order valence-electron chi connectivity index (χ2n) is 4.05. The topological polar surface area (TPSA) is 3.88 Å². The first kappa shape index (κ1) is 10.6. The molecule has 1 nitrogen and oxygen atoms in total. The van der Waals surface area contributed by atoms with Crippen LogP contribution in [0.1, 0.15) is 11.3 Å². The highest BCUT2D eigenvalue weighted by Crippen LogP contribution is 2.30. The molecule has 0 aliphatic carbocycles. The van der Waals surface area contributed by atoms with Gasteiger partial charge in [-0.2, -0.15) is 4.57 Å². The summed E-state index contributed by atoms with van der Waals surface area (Å²) in [6, 6.07) is 16.9. The van der Waals surface area contributed by atoms with Gasteiger partial charge in [-0.05, 0) is 17.7 Å². The predicted octanol–water partition coefficient (Wildman–Crippen LogP) is 3.22. The highest BCUT2D eigenvalue weighted by atomic mass is 32.2. The summed E-state index contributed by atoms with van der Waals surface area (Å²) >= 11 is 1.94. The Morgan fingerprint density at radius 2 is 1.82 bits per heavy atom. The molecule has 3 rings (SSSR count). The molecule has 1 aromatic carbocycles. The first-order valence-electron chi connectivity index (χ1n) is 5.82. The molecule has 17 heavy (non-hydrogen) atoms. The lowest BCUT2D eigenvalue weighted by atomic mass is 10.2. The number of aryl methyl sites for hydroxylation is 1. The van der Waals surface area contributed by atoms with Crippen LogP contribution in [0.5, 0.6) is 0 Å². The molecule has 0 saturated carbocycles. The van der Waals surface area contributed by atoms with Crippen molar-refractivity contribution < 1.29 is 4.57 Å². The van der Waals surface area contributed by atoms with Crippen LogP contribution in [-0.4, -0.2) is 5.75 Å². The number of hydrogen-bond acceptors (Lipinski definition) is 1. The zero-order chi connectivity index (χ0) is 11.5. The fourth-order valence-corrected chi connectivity index (χ4v) is 3.10. The van der Waals surface area contributed by atoms with E-state index in [0.717, 1.165) is 12.3 Å². The van der Waals surface area contributed by atoms with Crippen LogP contribution >= 0.6 is 11.8 Å². The van der Waals surface area contributed by atoms with E-state index in [-0.39, 0.29) is 0 Å². The van der Waals surface area contributed by atoms with E-state index in [0.29, 0.717) is 0 Å². The van der Waals surface area contributed by atoms with Gasteiger partial charge in [0, 0.05) is 12.1 Å². The van der Waals surface area contributed by atoms with Crippen molar-refractivity contribution in [1.29, 1.82) is 0 Å². The van der Waals surface area contributed by atoms with E-state index >= 15 is 0 Å². The Morgan fingerprint density at radius 1 is 1.00 bits per heavy atom. The molecular formula is C15H14NS+. The van der Waals surface area contributed by atoms with Crippen LogP contribution in [0.4, 0.5) is 0 Å². The van der Waals surface area contributed by atoms with E-state index in [2.05, 4.69) is 65.4 Å². The Hall–Kier alpha value is -1.54. The number of rotatable bonds is 1. The molecule has 0 spiro atoms. The van der Waals surface area contributed by atoms with E-state index in [1.54, 1.807) is 0 Å². The lowest BCUT2D eigenvalue weighted by Crippen LogP contribution is -2.40. The Morgan fingerprint density at radius 3 is 2.71 bits per heavy atom. The molecule has 0 amide bonds. The van der Waals surface area contributed by atoms with Crippen LogP contribution < -0.4 is 4.57 Å². The van der Waals surface area contributed by atoms with Gasteiger partial charge < -0.3 is 0 Å². The maximum absolute atomic E-state index is 2.32. The van der Waals surface area contributed by atoms with Crippen LogP contribution in [0, 0.1) is 0 Å². The normalized spacial score (nSPS) is 16.8. The third kappa shape index (κ3) is 2.27. The Kier molecular flexibility index (Phi) is 2.97. The number of nitrogens with zero attached hydrogens (tertiary/aromatic N) is 1. The van der Waals surface area contributed by atoms with Gasteiger partial charge in [-0.1, -0.05) is 30.3 Å². The minimum Gasteiger partial charge on any atom is -0.197 e. The van der Waals surface area contributed by atoms with Crippen molar-refractivity contribution in [3.05, 3.63) is 66.0 Å². The van der Waals surface area contributed by atoms with Gasteiger partial charge in [-0.3, -0.25) is 0 Å². The smallest absolute Gasteiger partial charge is 0.197 e. The molecule has 1 aliphatic rings. The van der Waals surface area contributed by atoms with Gasteiger partial charge in [0.15, 0.2) is 12.7 Å². The van der Waals surface area contributed by atoms with Gasteiger partial charge in [0.05, 0.1) is 10.7 Å². The van der Waals surface area contributed by atoms with Crippen molar-refractivity contribution in [2.24, 2.45) is 0 Å². The fourth-order valence-electron chi connectivity index (χ4n) is 2.04. The van der Waals surface area contributed by atoms with Crippen molar-refractivity contribution in [2.75, 3.05) is 5.75 Å². The Balaban J connectivity index is 2.03. The Labute approximate surface area is 106 Å². The molecule has 0 unspecified atom stereocenters. The average Bonchev–Trinajstić information content (AvgIpc) is 2.40. The van der Waals surface area contributed by atoms with Gasteiger partial charge in [-0.15, -0.1) is 11.8 Å². The lowest BCUT2D eigenvalue weighted by Gasteiger charge is -2.12. The minimum atomic E-state index is 1.10. The van der Waals surface area contributed by atoms with Gasteiger partial charge in [-0.25, -0.2) is 0 Å². The third-order valence-electron chi connectivity index (χ3n) is 2.88. The number of benzene rings is 1. The molecule has 0 saturated heterocycles. The number of pyridine rings is 1. The maximum Gasteiger partial charge on any atom is 0.218 e. The van der Waals surface area contributed by atoms with Crippen LogP contribution in [0.2, 0.25) is 0 Å². The van der Waals surface area contributed by atoms with E-state index in [4.69, 9.17) is 0 Å². The fraction of sp³-hybridized carbons (Fsp3) is 0.133. The highest BCUT2D eigenvalue weighted by molar-refractivity contribution is 8.08. The molecule has 1 aliphatic heterocycles. The zero-order valence-corrected chi connectivity index (χ0v) is 10.4. The SMILES string of the molecule is C(=C1/SCC[n+]2ccccc21)/c1ccccc1. The highest BCUT2D eigenvalue weighted by Gasteiger charge is 2.20. The quantitative estimate of drug-likeness (QED) is 0.692. The van der Waals surface area contributed by atoms with E-state index in [1.165, 1.54) is 16.2 Å². The summed E-state index contributed by atoms with van der Waals surface area (Å²) in [5.74, 6) is 1.15. The monoisotopic (exact) mass is 240 g/mol. The van der Waals surface area contributed by atoms with Gasteiger partial charge in [0.2, 0.25) is 5.69 Å². The minimum absolute atomic E-state index is 1.10.